The van der Waals surface area contributed by atoms with Crippen molar-refractivity contribution in [2.24, 2.45) is 5.92 Å². The van der Waals surface area contributed by atoms with Gasteiger partial charge in [0.1, 0.15) is 5.75 Å². The lowest BCUT2D eigenvalue weighted by Gasteiger charge is -2.14. The molecule has 1 aromatic rings. The van der Waals surface area contributed by atoms with Crippen LogP contribution >= 0.6 is 15.9 Å². The van der Waals surface area contributed by atoms with Gasteiger partial charge in [-0.25, -0.2) is 0 Å². The lowest BCUT2D eigenvalue weighted by atomic mass is 10.1. The molecular formula is C15H22BrNO3. The molecule has 0 saturated heterocycles. The number of amides is 1. The molecule has 0 spiro atoms. The maximum Gasteiger partial charge on any atom is 0.224 e. The second kappa shape index (κ2) is 8.27. The van der Waals surface area contributed by atoms with E-state index in [1.54, 1.807) is 7.11 Å². The van der Waals surface area contributed by atoms with Crippen LogP contribution in [0.25, 0.3) is 0 Å². The van der Waals surface area contributed by atoms with E-state index in [1.807, 2.05) is 32.0 Å². The van der Waals surface area contributed by atoms with Crippen LogP contribution in [0.4, 0.5) is 0 Å². The molecule has 0 aliphatic rings. The first-order chi connectivity index (χ1) is 9.42. The number of benzene rings is 1. The zero-order valence-corrected chi connectivity index (χ0v) is 13.7. The zero-order valence-electron chi connectivity index (χ0n) is 12.1. The Kier molecular flexibility index (Phi) is 7.02. The number of rotatable bonds is 7. The molecule has 5 heteroatoms. The van der Waals surface area contributed by atoms with Gasteiger partial charge in [0.25, 0.3) is 0 Å². The van der Waals surface area contributed by atoms with Crippen LogP contribution in [-0.2, 0) is 11.2 Å². The monoisotopic (exact) mass is 343 g/mol. The minimum absolute atomic E-state index is 0.121. The number of carbonyl (C=O) groups is 1. The fraction of sp³-hybridized carbons (Fsp3) is 0.533. The first-order valence-corrected chi connectivity index (χ1v) is 7.48. The quantitative estimate of drug-likeness (QED) is 0.799. The third kappa shape index (κ3) is 5.92. The van der Waals surface area contributed by atoms with Gasteiger partial charge < -0.3 is 15.2 Å². The van der Waals surface area contributed by atoms with E-state index in [0.717, 1.165) is 10.0 Å². The van der Waals surface area contributed by atoms with Gasteiger partial charge in [0.05, 0.1) is 19.6 Å². The first kappa shape index (κ1) is 17.0. The van der Waals surface area contributed by atoms with E-state index < -0.39 is 6.10 Å². The SMILES string of the molecule is COc1ccc(Br)cc1CC(=O)NCC(O)CC(C)C. The van der Waals surface area contributed by atoms with Crippen molar-refractivity contribution in [1.29, 1.82) is 0 Å². The summed E-state index contributed by atoms with van der Waals surface area (Å²) in [6.45, 7) is 4.36. The highest BCUT2D eigenvalue weighted by Crippen LogP contribution is 2.23. The maximum absolute atomic E-state index is 11.9. The predicted octanol–water partition coefficient (Wildman–Crippen LogP) is 2.52. The van der Waals surface area contributed by atoms with Crippen LogP contribution in [0.1, 0.15) is 25.8 Å². The number of hydrogen-bond acceptors (Lipinski definition) is 3. The lowest BCUT2D eigenvalue weighted by molar-refractivity contribution is -0.121. The van der Waals surface area contributed by atoms with E-state index in [1.165, 1.54) is 0 Å². The van der Waals surface area contributed by atoms with Crippen molar-refractivity contribution in [3.8, 4) is 5.75 Å². The van der Waals surface area contributed by atoms with E-state index in [-0.39, 0.29) is 18.9 Å². The Morgan fingerprint density at radius 1 is 1.45 bits per heavy atom. The van der Waals surface area contributed by atoms with Crippen LogP contribution in [0.2, 0.25) is 0 Å². The smallest absolute Gasteiger partial charge is 0.224 e. The molecular weight excluding hydrogens is 322 g/mol. The Hall–Kier alpha value is -1.07. The van der Waals surface area contributed by atoms with Crippen LogP contribution < -0.4 is 10.1 Å². The molecule has 4 nitrogen and oxygen atoms in total. The average molecular weight is 344 g/mol. The first-order valence-electron chi connectivity index (χ1n) is 6.69. The summed E-state index contributed by atoms with van der Waals surface area (Å²) in [6.07, 6.45) is 0.417. The number of halogens is 1. The molecule has 0 radical (unpaired) electrons. The normalized spacial score (nSPS) is 12.3. The van der Waals surface area contributed by atoms with E-state index in [9.17, 15) is 9.90 Å². The van der Waals surface area contributed by atoms with E-state index in [0.29, 0.717) is 18.1 Å². The van der Waals surface area contributed by atoms with Gasteiger partial charge in [0, 0.05) is 16.6 Å². The number of ether oxygens (including phenoxy) is 1. The molecule has 0 fully saturated rings. The van der Waals surface area contributed by atoms with E-state index in [2.05, 4.69) is 21.2 Å². The predicted molar refractivity (Wildman–Crippen MR) is 82.9 cm³/mol. The van der Waals surface area contributed by atoms with Gasteiger partial charge in [-0.3, -0.25) is 4.79 Å². The van der Waals surface area contributed by atoms with Gasteiger partial charge in [-0.05, 0) is 30.5 Å². The number of aliphatic hydroxyl groups excluding tert-OH is 1. The molecule has 0 heterocycles. The minimum atomic E-state index is -0.497. The zero-order chi connectivity index (χ0) is 15.1. The second-order valence-corrected chi connectivity index (χ2v) is 6.14. The number of methoxy groups -OCH3 is 1. The van der Waals surface area contributed by atoms with Crippen molar-refractivity contribution in [2.75, 3.05) is 13.7 Å². The highest BCUT2D eigenvalue weighted by molar-refractivity contribution is 9.10. The summed E-state index contributed by atoms with van der Waals surface area (Å²) in [7, 11) is 1.58. The fourth-order valence-corrected chi connectivity index (χ4v) is 2.39. The van der Waals surface area contributed by atoms with Crippen molar-refractivity contribution < 1.29 is 14.6 Å². The summed E-state index contributed by atoms with van der Waals surface area (Å²) in [6, 6.07) is 5.55. The summed E-state index contributed by atoms with van der Waals surface area (Å²) < 4.78 is 6.13. The molecule has 20 heavy (non-hydrogen) atoms. The van der Waals surface area contributed by atoms with Crippen molar-refractivity contribution in [1.82, 2.24) is 5.32 Å². The number of nitrogens with one attached hydrogen (secondary N) is 1. The van der Waals surface area contributed by atoms with Gasteiger partial charge in [-0.2, -0.15) is 0 Å². The van der Waals surface area contributed by atoms with E-state index >= 15 is 0 Å². The van der Waals surface area contributed by atoms with Crippen molar-refractivity contribution in [3.63, 3.8) is 0 Å². The molecule has 0 aliphatic carbocycles. The van der Waals surface area contributed by atoms with Gasteiger partial charge in [0.15, 0.2) is 0 Å². The number of aliphatic hydroxyl groups is 1. The molecule has 1 atom stereocenters. The summed E-state index contributed by atoms with van der Waals surface area (Å²) in [5.41, 5.74) is 0.817. The van der Waals surface area contributed by atoms with Crippen molar-refractivity contribution in [2.45, 2.75) is 32.8 Å². The molecule has 1 rings (SSSR count). The van der Waals surface area contributed by atoms with Crippen LogP contribution in [0.3, 0.4) is 0 Å². The minimum Gasteiger partial charge on any atom is -0.496 e. The molecule has 1 unspecified atom stereocenters. The third-order valence-electron chi connectivity index (χ3n) is 2.87. The molecule has 1 aromatic carbocycles. The van der Waals surface area contributed by atoms with Gasteiger partial charge in [0.2, 0.25) is 5.91 Å². The molecule has 1 amide bonds. The molecule has 0 aliphatic heterocycles. The number of carbonyl (C=O) groups excluding carboxylic acids is 1. The molecule has 112 valence electrons. The fourth-order valence-electron chi connectivity index (χ4n) is 1.98. The molecule has 0 bridgehead atoms. The Bertz CT molecular complexity index is 449. The Balaban J connectivity index is 2.52. The largest absolute Gasteiger partial charge is 0.496 e. The Morgan fingerprint density at radius 2 is 2.15 bits per heavy atom. The standard InChI is InChI=1S/C15H22BrNO3/c1-10(2)6-13(18)9-17-15(19)8-11-7-12(16)4-5-14(11)20-3/h4-5,7,10,13,18H,6,8-9H2,1-3H3,(H,17,19). The van der Waals surface area contributed by atoms with Crippen molar-refractivity contribution in [3.05, 3.63) is 28.2 Å². The summed E-state index contributed by atoms with van der Waals surface area (Å²) >= 11 is 3.38. The highest BCUT2D eigenvalue weighted by atomic mass is 79.9. The molecule has 2 N–H and O–H groups in total. The lowest BCUT2D eigenvalue weighted by Crippen LogP contribution is -2.33. The van der Waals surface area contributed by atoms with Crippen LogP contribution in [0.5, 0.6) is 5.75 Å². The van der Waals surface area contributed by atoms with E-state index in [4.69, 9.17) is 4.74 Å². The summed E-state index contributed by atoms with van der Waals surface area (Å²) in [5, 5.41) is 12.5. The third-order valence-corrected chi connectivity index (χ3v) is 3.37. The van der Waals surface area contributed by atoms with Gasteiger partial charge >= 0.3 is 0 Å². The van der Waals surface area contributed by atoms with Crippen LogP contribution in [0.15, 0.2) is 22.7 Å². The topological polar surface area (TPSA) is 58.6 Å². The summed E-state index contributed by atoms with van der Waals surface area (Å²) in [5.74, 6) is 0.974. The summed E-state index contributed by atoms with van der Waals surface area (Å²) in [4.78, 5) is 11.9. The molecule has 0 saturated carbocycles. The second-order valence-electron chi connectivity index (χ2n) is 5.22. The molecule has 0 aromatic heterocycles. The number of hydrogen-bond donors (Lipinski definition) is 2. The maximum atomic E-state index is 11.9. The van der Waals surface area contributed by atoms with Gasteiger partial charge in [-0.15, -0.1) is 0 Å². The highest BCUT2D eigenvalue weighted by Gasteiger charge is 2.12. The van der Waals surface area contributed by atoms with Crippen LogP contribution in [-0.4, -0.2) is 30.8 Å². The Morgan fingerprint density at radius 3 is 2.75 bits per heavy atom. The van der Waals surface area contributed by atoms with Gasteiger partial charge in [-0.1, -0.05) is 29.8 Å². The average Bonchev–Trinajstić information content (AvgIpc) is 2.36. The van der Waals surface area contributed by atoms with Crippen molar-refractivity contribution >= 4 is 21.8 Å². The van der Waals surface area contributed by atoms with Crippen LogP contribution in [0, 0.1) is 5.92 Å². The Labute approximate surface area is 128 Å².